The number of nitrogens with zero attached hydrogens (tertiary/aromatic N) is 2. The van der Waals surface area contributed by atoms with Gasteiger partial charge in [-0.2, -0.15) is 0 Å². The number of ether oxygens (including phenoxy) is 1. The summed E-state index contributed by atoms with van der Waals surface area (Å²) in [5, 5.41) is 0. The number of carbonyl (C=O) groups excluding carboxylic acids is 1. The van der Waals surface area contributed by atoms with Crippen LogP contribution >= 0.6 is 0 Å². The van der Waals surface area contributed by atoms with Crippen molar-refractivity contribution in [3.8, 4) is 0 Å². The Labute approximate surface area is 138 Å². The second-order valence-corrected chi connectivity index (χ2v) is 6.55. The van der Waals surface area contributed by atoms with E-state index in [4.69, 9.17) is 10.5 Å². The van der Waals surface area contributed by atoms with Crippen LogP contribution in [0.4, 0.5) is 0 Å². The van der Waals surface area contributed by atoms with Crippen LogP contribution in [0.3, 0.4) is 0 Å². The molecule has 1 aromatic rings. The fourth-order valence-electron chi connectivity index (χ4n) is 3.39. The molecule has 5 nitrogen and oxygen atoms in total. The first-order valence-electron chi connectivity index (χ1n) is 8.64. The topological polar surface area (TPSA) is 58.8 Å². The molecule has 1 aromatic carbocycles. The molecule has 0 aromatic heterocycles. The molecule has 23 heavy (non-hydrogen) atoms. The molecule has 5 heteroatoms. The van der Waals surface area contributed by atoms with Gasteiger partial charge in [-0.05, 0) is 36.5 Å². The Bertz CT molecular complexity index is 504. The number of piperazine rings is 1. The highest BCUT2D eigenvalue weighted by Gasteiger charge is 2.24. The number of amides is 1. The van der Waals surface area contributed by atoms with Gasteiger partial charge < -0.3 is 15.4 Å². The van der Waals surface area contributed by atoms with Gasteiger partial charge in [-0.3, -0.25) is 9.69 Å². The van der Waals surface area contributed by atoms with Crippen LogP contribution in [-0.4, -0.2) is 61.6 Å². The summed E-state index contributed by atoms with van der Waals surface area (Å²) in [6.45, 7) is 7.06. The van der Waals surface area contributed by atoms with E-state index in [0.717, 1.165) is 63.0 Å². The van der Waals surface area contributed by atoms with Crippen molar-refractivity contribution >= 4 is 5.91 Å². The van der Waals surface area contributed by atoms with E-state index < -0.39 is 0 Å². The molecule has 0 radical (unpaired) electrons. The average Bonchev–Trinajstić information content (AvgIpc) is 2.63. The van der Waals surface area contributed by atoms with Crippen molar-refractivity contribution < 1.29 is 9.53 Å². The second kappa shape index (κ2) is 7.90. The van der Waals surface area contributed by atoms with Gasteiger partial charge in [0, 0.05) is 58.0 Å². The van der Waals surface area contributed by atoms with Crippen molar-refractivity contribution in [3.63, 3.8) is 0 Å². The molecule has 1 amide bonds. The summed E-state index contributed by atoms with van der Waals surface area (Å²) >= 11 is 0. The Hall–Kier alpha value is -1.43. The summed E-state index contributed by atoms with van der Waals surface area (Å²) in [6.07, 6.45) is 2.35. The molecular weight excluding hydrogens is 290 g/mol. The molecule has 0 unspecified atom stereocenters. The third kappa shape index (κ3) is 4.31. The summed E-state index contributed by atoms with van der Waals surface area (Å²) in [5.41, 5.74) is 7.42. The molecule has 2 N–H and O–H groups in total. The minimum absolute atomic E-state index is 0.138. The molecule has 3 rings (SSSR count). The van der Waals surface area contributed by atoms with Gasteiger partial charge in [0.2, 0.25) is 0 Å². The lowest BCUT2D eigenvalue weighted by atomic mass is 9.99. The lowest BCUT2D eigenvalue weighted by molar-refractivity contribution is 0.0393. The number of hydrogen-bond acceptors (Lipinski definition) is 4. The minimum Gasteiger partial charge on any atom is -0.381 e. The Morgan fingerprint density at radius 2 is 1.74 bits per heavy atom. The van der Waals surface area contributed by atoms with Gasteiger partial charge in [-0.25, -0.2) is 0 Å². The van der Waals surface area contributed by atoms with Gasteiger partial charge in [0.15, 0.2) is 0 Å². The van der Waals surface area contributed by atoms with Crippen LogP contribution in [0.5, 0.6) is 0 Å². The third-order valence-electron chi connectivity index (χ3n) is 4.95. The van der Waals surface area contributed by atoms with E-state index in [2.05, 4.69) is 4.90 Å². The molecule has 0 bridgehead atoms. The molecule has 0 spiro atoms. The zero-order valence-corrected chi connectivity index (χ0v) is 13.7. The van der Waals surface area contributed by atoms with Crippen molar-refractivity contribution in [2.24, 2.45) is 11.7 Å². The quantitative estimate of drug-likeness (QED) is 0.910. The zero-order valence-electron chi connectivity index (χ0n) is 13.7. The van der Waals surface area contributed by atoms with Gasteiger partial charge in [-0.15, -0.1) is 0 Å². The van der Waals surface area contributed by atoms with Gasteiger partial charge in [0.1, 0.15) is 0 Å². The fraction of sp³-hybridized carbons (Fsp3) is 0.611. The van der Waals surface area contributed by atoms with Crippen molar-refractivity contribution in [1.82, 2.24) is 9.80 Å². The normalized spacial score (nSPS) is 20.7. The second-order valence-electron chi connectivity index (χ2n) is 6.55. The molecule has 2 fully saturated rings. The Kier molecular flexibility index (Phi) is 5.65. The molecule has 0 saturated carbocycles. The number of carbonyl (C=O) groups is 1. The van der Waals surface area contributed by atoms with Crippen molar-refractivity contribution in [1.29, 1.82) is 0 Å². The average molecular weight is 317 g/mol. The molecule has 2 heterocycles. The van der Waals surface area contributed by atoms with Crippen LogP contribution in [0.15, 0.2) is 24.3 Å². The van der Waals surface area contributed by atoms with Gasteiger partial charge >= 0.3 is 0 Å². The van der Waals surface area contributed by atoms with E-state index in [1.165, 1.54) is 12.8 Å². The van der Waals surface area contributed by atoms with Crippen molar-refractivity contribution in [3.05, 3.63) is 35.4 Å². The molecule has 0 aliphatic carbocycles. The Morgan fingerprint density at radius 1 is 1.09 bits per heavy atom. The monoisotopic (exact) mass is 317 g/mol. The number of benzene rings is 1. The molecule has 2 saturated heterocycles. The maximum absolute atomic E-state index is 12.6. The van der Waals surface area contributed by atoms with E-state index in [-0.39, 0.29) is 5.91 Å². The predicted molar refractivity (Wildman–Crippen MR) is 90.2 cm³/mol. The first-order chi connectivity index (χ1) is 11.3. The maximum atomic E-state index is 12.6. The van der Waals surface area contributed by atoms with Crippen LogP contribution in [0.1, 0.15) is 28.8 Å². The van der Waals surface area contributed by atoms with Gasteiger partial charge in [0.25, 0.3) is 5.91 Å². The van der Waals surface area contributed by atoms with Crippen LogP contribution < -0.4 is 5.73 Å². The van der Waals surface area contributed by atoms with Crippen LogP contribution in [0, 0.1) is 5.92 Å². The SMILES string of the molecule is NCc1ccc(C(=O)N2CCN(CC3CCOCC3)CC2)cc1. The first kappa shape index (κ1) is 16.4. The summed E-state index contributed by atoms with van der Waals surface area (Å²) in [6, 6.07) is 7.65. The van der Waals surface area contributed by atoms with Crippen molar-refractivity contribution in [2.75, 3.05) is 45.9 Å². The zero-order chi connectivity index (χ0) is 16.1. The maximum Gasteiger partial charge on any atom is 0.253 e. The molecule has 0 atom stereocenters. The molecule has 2 aliphatic heterocycles. The third-order valence-corrected chi connectivity index (χ3v) is 4.95. The number of nitrogens with two attached hydrogens (primary N) is 1. The van der Waals surface area contributed by atoms with E-state index in [9.17, 15) is 4.79 Å². The van der Waals surface area contributed by atoms with E-state index in [1.54, 1.807) is 0 Å². The van der Waals surface area contributed by atoms with Gasteiger partial charge in [0.05, 0.1) is 0 Å². The summed E-state index contributed by atoms with van der Waals surface area (Å²) < 4.78 is 5.42. The summed E-state index contributed by atoms with van der Waals surface area (Å²) in [5.74, 6) is 0.897. The van der Waals surface area contributed by atoms with E-state index >= 15 is 0 Å². The van der Waals surface area contributed by atoms with Crippen LogP contribution in [0.2, 0.25) is 0 Å². The lowest BCUT2D eigenvalue weighted by Gasteiger charge is -2.37. The lowest BCUT2D eigenvalue weighted by Crippen LogP contribution is -2.50. The smallest absolute Gasteiger partial charge is 0.253 e. The molecular formula is C18H27N3O2. The highest BCUT2D eigenvalue weighted by Crippen LogP contribution is 2.17. The van der Waals surface area contributed by atoms with Crippen LogP contribution in [-0.2, 0) is 11.3 Å². The van der Waals surface area contributed by atoms with Gasteiger partial charge in [-0.1, -0.05) is 12.1 Å². The van der Waals surface area contributed by atoms with Crippen molar-refractivity contribution in [2.45, 2.75) is 19.4 Å². The van der Waals surface area contributed by atoms with Crippen LogP contribution in [0.25, 0.3) is 0 Å². The van der Waals surface area contributed by atoms with E-state index in [0.29, 0.717) is 6.54 Å². The summed E-state index contributed by atoms with van der Waals surface area (Å²) in [7, 11) is 0. The molecule has 126 valence electrons. The summed E-state index contributed by atoms with van der Waals surface area (Å²) in [4.78, 5) is 17.0. The first-order valence-corrected chi connectivity index (χ1v) is 8.64. The Morgan fingerprint density at radius 3 is 2.35 bits per heavy atom. The largest absolute Gasteiger partial charge is 0.381 e. The number of rotatable bonds is 4. The standard InChI is InChI=1S/C18H27N3O2/c19-13-15-1-3-17(4-2-15)18(22)21-9-7-20(8-10-21)14-16-5-11-23-12-6-16/h1-4,16H,5-14,19H2. The number of hydrogen-bond donors (Lipinski definition) is 1. The highest BCUT2D eigenvalue weighted by molar-refractivity contribution is 5.94. The fourth-order valence-corrected chi connectivity index (χ4v) is 3.39. The van der Waals surface area contributed by atoms with E-state index in [1.807, 2.05) is 29.2 Å². The minimum atomic E-state index is 0.138. The highest BCUT2D eigenvalue weighted by atomic mass is 16.5. The Balaban J connectivity index is 1.48. The molecule has 2 aliphatic rings. The predicted octanol–water partition coefficient (Wildman–Crippen LogP) is 1.33.